The van der Waals surface area contributed by atoms with Gasteiger partial charge in [-0.05, 0) is 64.2 Å². The Morgan fingerprint density at radius 3 is 1.30 bits per heavy atom. The topological polar surface area (TPSA) is 78.9 Å². The van der Waals surface area contributed by atoms with Gasteiger partial charge < -0.3 is 14.2 Å². The van der Waals surface area contributed by atoms with E-state index >= 15 is 0 Å². The van der Waals surface area contributed by atoms with Gasteiger partial charge in [-0.2, -0.15) is 0 Å². The van der Waals surface area contributed by atoms with E-state index in [-0.39, 0.29) is 38.0 Å². The van der Waals surface area contributed by atoms with Crippen molar-refractivity contribution in [1.29, 1.82) is 0 Å². The number of hydrogen-bond donors (Lipinski definition) is 0. The molecule has 0 aromatic carbocycles. The summed E-state index contributed by atoms with van der Waals surface area (Å²) < 4.78 is 16.5. The predicted molar refractivity (Wildman–Crippen MR) is 228 cm³/mol. The lowest BCUT2D eigenvalue weighted by atomic mass is 10.0. The van der Waals surface area contributed by atoms with E-state index in [2.05, 4.69) is 81.5 Å². The molecule has 0 bridgehead atoms. The molecule has 6 nitrogen and oxygen atoms in total. The van der Waals surface area contributed by atoms with Gasteiger partial charge >= 0.3 is 17.9 Å². The van der Waals surface area contributed by atoms with Gasteiger partial charge in [0.25, 0.3) is 0 Å². The summed E-state index contributed by atoms with van der Waals surface area (Å²) in [7, 11) is 0. The van der Waals surface area contributed by atoms with Crippen LogP contribution in [0.15, 0.2) is 72.9 Å². The monoisotopic (exact) mass is 753 g/mol. The van der Waals surface area contributed by atoms with Crippen molar-refractivity contribution in [3.8, 4) is 0 Å². The molecule has 0 saturated carbocycles. The Bertz CT molecular complexity index is 1050. The fourth-order valence-corrected chi connectivity index (χ4v) is 5.75. The van der Waals surface area contributed by atoms with Crippen LogP contribution in [0.2, 0.25) is 0 Å². The summed E-state index contributed by atoms with van der Waals surface area (Å²) in [4.78, 5) is 37.5. The Hall–Kier alpha value is -3.15. The second kappa shape index (κ2) is 42.6. The van der Waals surface area contributed by atoms with Crippen LogP contribution in [0.5, 0.6) is 0 Å². The molecule has 0 radical (unpaired) electrons. The first-order valence-corrected chi connectivity index (χ1v) is 21.9. The van der Waals surface area contributed by atoms with Crippen molar-refractivity contribution in [3.05, 3.63) is 72.9 Å². The van der Waals surface area contributed by atoms with Crippen molar-refractivity contribution in [2.75, 3.05) is 13.2 Å². The highest BCUT2D eigenvalue weighted by Crippen LogP contribution is 2.14. The third-order valence-electron chi connectivity index (χ3n) is 8.99. The summed E-state index contributed by atoms with van der Waals surface area (Å²) in [6, 6.07) is 0. The molecule has 6 heteroatoms. The SMILES string of the molecule is CC/C=C\C/C=C\C/C=C\CCCCC(=O)OC(COC(=O)C/C=C\C/C=C\C/C=C\CC)COC(=O)CCCCCCCCCCCCCCCCC. The maximum atomic E-state index is 12.7. The van der Waals surface area contributed by atoms with Crippen LogP contribution >= 0.6 is 0 Å². The highest BCUT2D eigenvalue weighted by molar-refractivity contribution is 5.72. The highest BCUT2D eigenvalue weighted by atomic mass is 16.6. The van der Waals surface area contributed by atoms with Crippen LogP contribution in [0, 0.1) is 0 Å². The zero-order valence-electron chi connectivity index (χ0n) is 35.0. The Labute approximate surface area is 332 Å². The molecule has 0 saturated heterocycles. The van der Waals surface area contributed by atoms with Crippen molar-refractivity contribution < 1.29 is 28.6 Å². The number of esters is 3. The van der Waals surface area contributed by atoms with Crippen molar-refractivity contribution in [2.24, 2.45) is 0 Å². The average Bonchev–Trinajstić information content (AvgIpc) is 3.17. The number of carbonyl (C=O) groups excluding carboxylic acids is 3. The second-order valence-electron chi connectivity index (χ2n) is 14.2. The van der Waals surface area contributed by atoms with Crippen molar-refractivity contribution in [2.45, 2.75) is 200 Å². The molecule has 0 heterocycles. The fourth-order valence-electron chi connectivity index (χ4n) is 5.75. The van der Waals surface area contributed by atoms with Gasteiger partial charge in [0.2, 0.25) is 0 Å². The predicted octanol–water partition coefficient (Wildman–Crippen LogP) is 13.9. The quantitative estimate of drug-likeness (QED) is 0.0270. The summed E-state index contributed by atoms with van der Waals surface area (Å²) in [6.07, 6.45) is 52.1. The lowest BCUT2D eigenvalue weighted by Crippen LogP contribution is -2.30. The number of ether oxygens (including phenoxy) is 3. The minimum atomic E-state index is -0.826. The first kappa shape index (κ1) is 50.9. The third-order valence-corrected chi connectivity index (χ3v) is 8.99. The molecular weight excluding hydrogens is 673 g/mol. The van der Waals surface area contributed by atoms with Crippen LogP contribution in [0.1, 0.15) is 194 Å². The van der Waals surface area contributed by atoms with Crippen LogP contribution in [-0.4, -0.2) is 37.2 Å². The molecule has 0 amide bonds. The van der Waals surface area contributed by atoms with Crippen LogP contribution in [0.25, 0.3) is 0 Å². The van der Waals surface area contributed by atoms with E-state index in [0.29, 0.717) is 12.8 Å². The zero-order valence-corrected chi connectivity index (χ0v) is 35.0. The van der Waals surface area contributed by atoms with Gasteiger partial charge in [-0.25, -0.2) is 0 Å². The zero-order chi connectivity index (χ0) is 39.4. The van der Waals surface area contributed by atoms with E-state index in [9.17, 15) is 14.4 Å². The number of rotatable bonds is 38. The van der Waals surface area contributed by atoms with Crippen LogP contribution < -0.4 is 0 Å². The first-order chi connectivity index (χ1) is 26.5. The van der Waals surface area contributed by atoms with Crippen LogP contribution in [0.4, 0.5) is 0 Å². The second-order valence-corrected chi connectivity index (χ2v) is 14.2. The highest BCUT2D eigenvalue weighted by Gasteiger charge is 2.19. The van der Waals surface area contributed by atoms with Gasteiger partial charge in [0, 0.05) is 12.8 Å². The van der Waals surface area contributed by atoms with Gasteiger partial charge in [-0.3, -0.25) is 14.4 Å². The number of unbranched alkanes of at least 4 members (excludes halogenated alkanes) is 16. The summed E-state index contributed by atoms with van der Waals surface area (Å²) in [6.45, 7) is 6.25. The standard InChI is InChI=1S/C48H80O6/c1-4-7-10-13-16-19-21-23-24-25-27-29-32-35-38-41-47(50)53-44-45(43-52-46(49)40-37-34-31-28-18-15-12-9-6-3)54-48(51)42-39-36-33-30-26-22-20-17-14-11-8-5-2/h8-9,11-12,17-18,20,26,28,30,34,37,45H,4-7,10,13-16,19,21-25,27,29,31-33,35-36,38-44H2,1-3H3/b11-8-,12-9-,20-17-,28-18-,30-26-,37-34-. The molecule has 308 valence electrons. The van der Waals surface area contributed by atoms with E-state index < -0.39 is 12.1 Å². The number of hydrogen-bond acceptors (Lipinski definition) is 6. The number of carbonyl (C=O) groups is 3. The van der Waals surface area contributed by atoms with E-state index in [4.69, 9.17) is 14.2 Å². The Kier molecular flexibility index (Phi) is 40.1. The smallest absolute Gasteiger partial charge is 0.309 e. The molecule has 0 fully saturated rings. The lowest BCUT2D eigenvalue weighted by Gasteiger charge is -2.18. The molecule has 0 aromatic heterocycles. The summed E-state index contributed by atoms with van der Waals surface area (Å²) in [5.74, 6) is -1.09. The van der Waals surface area contributed by atoms with E-state index in [1.165, 1.54) is 77.0 Å². The maximum absolute atomic E-state index is 12.7. The summed E-state index contributed by atoms with van der Waals surface area (Å²) in [5.41, 5.74) is 0. The molecule has 54 heavy (non-hydrogen) atoms. The molecule has 0 aliphatic rings. The fraction of sp³-hybridized carbons (Fsp3) is 0.688. The molecule has 0 aliphatic carbocycles. The molecule has 1 atom stereocenters. The van der Waals surface area contributed by atoms with Crippen LogP contribution in [-0.2, 0) is 28.6 Å². The van der Waals surface area contributed by atoms with Gasteiger partial charge in [-0.1, -0.05) is 184 Å². The lowest BCUT2D eigenvalue weighted by molar-refractivity contribution is -0.166. The van der Waals surface area contributed by atoms with Crippen molar-refractivity contribution in [1.82, 2.24) is 0 Å². The van der Waals surface area contributed by atoms with E-state index in [1.54, 1.807) is 6.08 Å². The molecule has 0 aromatic rings. The van der Waals surface area contributed by atoms with Crippen LogP contribution in [0.3, 0.4) is 0 Å². The average molecular weight is 753 g/mol. The molecule has 0 spiro atoms. The molecule has 1 unspecified atom stereocenters. The van der Waals surface area contributed by atoms with Gasteiger partial charge in [0.15, 0.2) is 6.10 Å². The summed E-state index contributed by atoms with van der Waals surface area (Å²) in [5, 5.41) is 0. The third kappa shape index (κ3) is 40.0. The Balaban J connectivity index is 4.45. The minimum absolute atomic E-state index is 0.117. The van der Waals surface area contributed by atoms with E-state index in [1.807, 2.05) is 6.08 Å². The van der Waals surface area contributed by atoms with E-state index in [0.717, 1.165) is 70.6 Å². The molecular formula is C48H80O6. The normalized spacial score (nSPS) is 12.7. The molecule has 0 N–H and O–H groups in total. The molecule has 0 rings (SSSR count). The largest absolute Gasteiger partial charge is 0.462 e. The first-order valence-electron chi connectivity index (χ1n) is 21.9. The Morgan fingerprint density at radius 1 is 0.407 bits per heavy atom. The number of allylic oxidation sites excluding steroid dienone is 11. The minimum Gasteiger partial charge on any atom is -0.462 e. The van der Waals surface area contributed by atoms with Gasteiger partial charge in [0.1, 0.15) is 13.2 Å². The maximum Gasteiger partial charge on any atom is 0.309 e. The van der Waals surface area contributed by atoms with Crippen molar-refractivity contribution in [3.63, 3.8) is 0 Å². The van der Waals surface area contributed by atoms with Gasteiger partial charge in [-0.15, -0.1) is 0 Å². The molecule has 0 aliphatic heterocycles. The van der Waals surface area contributed by atoms with Crippen molar-refractivity contribution >= 4 is 17.9 Å². The van der Waals surface area contributed by atoms with Gasteiger partial charge in [0.05, 0.1) is 6.42 Å². The summed E-state index contributed by atoms with van der Waals surface area (Å²) >= 11 is 0. The Morgan fingerprint density at radius 2 is 0.796 bits per heavy atom.